The van der Waals surface area contributed by atoms with Crippen molar-refractivity contribution in [3.8, 4) is 0 Å². The number of fused-ring (bicyclic) bond motifs is 2. The van der Waals surface area contributed by atoms with E-state index in [1.165, 1.54) is 17.0 Å². The zero-order chi connectivity index (χ0) is 33.0. The standard InChI is InChI=1S/C35H43N5O6/c1-35(2,3)39(34(42)43)29(20-24-12-13-25-9-5-6-10-26(25)19-24)22-32(41)37-16-7-11-27(23-37)33-36-30-21-28(40(44)45)14-15-31(30)38(33)17-8-18-46-4/h5-6,9-10,12-15,19,21,27,29H,7-8,11,16-18,20,22-23H2,1-4H3,(H,42,43)/t27-,29-/m1/s1. The highest BCUT2D eigenvalue weighted by molar-refractivity contribution is 5.83. The molecule has 0 saturated carbocycles. The van der Waals surface area contributed by atoms with Crippen LogP contribution in [0.15, 0.2) is 60.7 Å². The SMILES string of the molecule is COCCCn1c([C@@H]2CCCN(C(=O)C[C@@H](Cc3ccc4ccccc4c3)N(C(=O)O)C(C)(C)C)C2)nc2cc([N+](=O)[O-])ccc21. The van der Waals surface area contributed by atoms with Crippen LogP contribution in [0.4, 0.5) is 10.5 Å². The maximum Gasteiger partial charge on any atom is 0.408 e. The Labute approximate surface area is 268 Å². The Balaban J connectivity index is 1.41. The maximum absolute atomic E-state index is 14.0. The number of hydrogen-bond donors (Lipinski definition) is 1. The molecule has 1 aromatic heterocycles. The predicted molar refractivity (Wildman–Crippen MR) is 177 cm³/mol. The third-order valence-corrected chi connectivity index (χ3v) is 8.83. The number of methoxy groups -OCH3 is 1. The Hall–Kier alpha value is -4.51. The van der Waals surface area contributed by atoms with E-state index in [0.717, 1.165) is 46.9 Å². The summed E-state index contributed by atoms with van der Waals surface area (Å²) in [6.07, 6.45) is 1.75. The highest BCUT2D eigenvalue weighted by Crippen LogP contribution is 2.32. The van der Waals surface area contributed by atoms with Crippen LogP contribution in [0.25, 0.3) is 21.8 Å². The van der Waals surface area contributed by atoms with Crippen molar-refractivity contribution in [1.29, 1.82) is 0 Å². The van der Waals surface area contributed by atoms with Crippen LogP contribution in [0.3, 0.4) is 0 Å². The average molecular weight is 630 g/mol. The van der Waals surface area contributed by atoms with Gasteiger partial charge in [-0.25, -0.2) is 9.78 Å². The van der Waals surface area contributed by atoms with Crippen molar-refractivity contribution in [3.63, 3.8) is 0 Å². The van der Waals surface area contributed by atoms with Crippen LogP contribution in [0.5, 0.6) is 0 Å². The van der Waals surface area contributed by atoms with Crippen LogP contribution in [-0.4, -0.2) is 79.8 Å². The fourth-order valence-corrected chi connectivity index (χ4v) is 6.79. The number of imidazole rings is 1. The second-order valence-electron chi connectivity index (χ2n) is 13.1. The summed E-state index contributed by atoms with van der Waals surface area (Å²) >= 11 is 0. The van der Waals surface area contributed by atoms with E-state index in [4.69, 9.17) is 9.72 Å². The molecule has 4 aromatic rings. The van der Waals surface area contributed by atoms with Gasteiger partial charge < -0.3 is 19.3 Å². The van der Waals surface area contributed by atoms with Gasteiger partial charge in [-0.05, 0) is 68.9 Å². The number of nitrogens with zero attached hydrogens (tertiary/aromatic N) is 5. The molecule has 46 heavy (non-hydrogen) atoms. The molecular weight excluding hydrogens is 586 g/mol. The number of nitro groups is 1. The molecule has 1 saturated heterocycles. The van der Waals surface area contributed by atoms with E-state index in [2.05, 4.69) is 10.6 Å². The van der Waals surface area contributed by atoms with Crippen LogP contribution < -0.4 is 0 Å². The van der Waals surface area contributed by atoms with E-state index in [-0.39, 0.29) is 23.9 Å². The van der Waals surface area contributed by atoms with Crippen molar-refractivity contribution < 1.29 is 24.4 Å². The third-order valence-electron chi connectivity index (χ3n) is 8.83. The van der Waals surface area contributed by atoms with Gasteiger partial charge in [0.15, 0.2) is 0 Å². The lowest BCUT2D eigenvalue weighted by Gasteiger charge is -2.41. The first kappa shape index (κ1) is 32.9. The first-order chi connectivity index (χ1) is 22.0. The van der Waals surface area contributed by atoms with Crippen LogP contribution >= 0.6 is 0 Å². The van der Waals surface area contributed by atoms with E-state index >= 15 is 0 Å². The molecule has 0 radical (unpaired) electrons. The summed E-state index contributed by atoms with van der Waals surface area (Å²) in [6, 6.07) is 18.3. The van der Waals surface area contributed by atoms with Crippen molar-refractivity contribution in [3.05, 3.63) is 82.2 Å². The average Bonchev–Trinajstić information content (AvgIpc) is 3.38. The molecular formula is C35H43N5O6. The highest BCUT2D eigenvalue weighted by atomic mass is 16.6. The molecule has 2 atom stereocenters. The molecule has 1 fully saturated rings. The third kappa shape index (κ3) is 7.31. The quantitative estimate of drug-likeness (QED) is 0.112. The van der Waals surface area contributed by atoms with Gasteiger partial charge in [0.2, 0.25) is 5.91 Å². The largest absolute Gasteiger partial charge is 0.465 e. The molecule has 2 heterocycles. The molecule has 1 aliphatic rings. The summed E-state index contributed by atoms with van der Waals surface area (Å²) in [4.78, 5) is 45.8. The van der Waals surface area contributed by atoms with Crippen LogP contribution in [0.2, 0.25) is 0 Å². The van der Waals surface area contributed by atoms with Gasteiger partial charge in [0, 0.05) is 69.4 Å². The van der Waals surface area contributed by atoms with Gasteiger partial charge in [0.1, 0.15) is 5.82 Å². The second-order valence-corrected chi connectivity index (χ2v) is 13.1. The lowest BCUT2D eigenvalue weighted by atomic mass is 9.93. The number of rotatable bonds is 11. The van der Waals surface area contributed by atoms with Gasteiger partial charge in [-0.1, -0.05) is 42.5 Å². The number of piperidine rings is 1. The van der Waals surface area contributed by atoms with Crippen molar-refractivity contribution in [2.24, 2.45) is 0 Å². The summed E-state index contributed by atoms with van der Waals surface area (Å²) < 4.78 is 7.38. The van der Waals surface area contributed by atoms with Crippen LogP contribution in [-0.2, 0) is 22.5 Å². The molecule has 1 N–H and O–H groups in total. The number of likely N-dealkylation sites (tertiary alicyclic amines) is 1. The van der Waals surface area contributed by atoms with Gasteiger partial charge in [0.25, 0.3) is 5.69 Å². The molecule has 2 amide bonds. The number of carbonyl (C=O) groups excluding carboxylic acids is 1. The number of non-ortho nitro benzene ring substituents is 1. The van der Waals surface area contributed by atoms with E-state index in [9.17, 15) is 24.8 Å². The van der Waals surface area contributed by atoms with Crippen molar-refractivity contribution in [2.45, 2.75) is 76.9 Å². The summed E-state index contributed by atoms with van der Waals surface area (Å²) in [5, 5.41) is 23.9. The van der Waals surface area contributed by atoms with Gasteiger partial charge >= 0.3 is 6.09 Å². The summed E-state index contributed by atoms with van der Waals surface area (Å²) in [5.74, 6) is 0.645. The van der Waals surface area contributed by atoms with Crippen molar-refractivity contribution in [1.82, 2.24) is 19.4 Å². The molecule has 11 heteroatoms. The number of carbonyl (C=O) groups is 2. The van der Waals surface area contributed by atoms with Gasteiger partial charge in [-0.15, -0.1) is 0 Å². The number of nitro benzene ring substituents is 1. The first-order valence-electron chi connectivity index (χ1n) is 15.9. The maximum atomic E-state index is 14.0. The zero-order valence-corrected chi connectivity index (χ0v) is 27.0. The molecule has 0 spiro atoms. The summed E-state index contributed by atoms with van der Waals surface area (Å²) in [5.41, 5.74) is 1.62. The minimum Gasteiger partial charge on any atom is -0.465 e. The van der Waals surface area contributed by atoms with E-state index in [1.54, 1.807) is 13.2 Å². The van der Waals surface area contributed by atoms with E-state index < -0.39 is 22.6 Å². The lowest BCUT2D eigenvalue weighted by molar-refractivity contribution is -0.384. The Kier molecular flexibility index (Phi) is 9.91. The fourth-order valence-electron chi connectivity index (χ4n) is 6.79. The normalized spacial score (nSPS) is 16.1. The Bertz CT molecular complexity index is 1730. The Morgan fingerprint density at radius 1 is 1.13 bits per heavy atom. The summed E-state index contributed by atoms with van der Waals surface area (Å²) in [7, 11) is 1.65. The predicted octanol–water partition coefficient (Wildman–Crippen LogP) is 6.62. The number of benzene rings is 3. The van der Waals surface area contributed by atoms with E-state index in [0.29, 0.717) is 38.2 Å². The molecule has 0 bridgehead atoms. The van der Waals surface area contributed by atoms with Gasteiger partial charge in [-0.3, -0.25) is 19.8 Å². The van der Waals surface area contributed by atoms with Crippen molar-refractivity contribution in [2.75, 3.05) is 26.8 Å². The van der Waals surface area contributed by atoms with Gasteiger partial charge in [-0.2, -0.15) is 0 Å². The van der Waals surface area contributed by atoms with Gasteiger partial charge in [0.05, 0.1) is 16.0 Å². The van der Waals surface area contributed by atoms with Crippen molar-refractivity contribution >= 4 is 39.5 Å². The number of carboxylic acid groups (broad SMARTS) is 1. The van der Waals surface area contributed by atoms with Crippen LogP contribution in [0.1, 0.15) is 63.8 Å². The lowest BCUT2D eigenvalue weighted by Crippen LogP contribution is -2.54. The molecule has 5 rings (SSSR count). The molecule has 0 aliphatic carbocycles. The van der Waals surface area contributed by atoms with E-state index in [1.807, 2.05) is 62.1 Å². The number of ether oxygens (including phenoxy) is 1. The number of aryl methyl sites for hydroxylation is 1. The topological polar surface area (TPSA) is 131 Å². The monoisotopic (exact) mass is 629 g/mol. The molecule has 3 aromatic carbocycles. The zero-order valence-electron chi connectivity index (χ0n) is 27.0. The molecule has 11 nitrogen and oxygen atoms in total. The Morgan fingerprint density at radius 3 is 2.59 bits per heavy atom. The minimum absolute atomic E-state index is 0.0136. The number of amides is 2. The molecule has 0 unspecified atom stereocenters. The van der Waals surface area contributed by atoms with Crippen LogP contribution in [0, 0.1) is 10.1 Å². The number of hydrogen-bond acceptors (Lipinski definition) is 6. The smallest absolute Gasteiger partial charge is 0.408 e. The second kappa shape index (κ2) is 13.9. The number of aromatic nitrogens is 2. The fraction of sp³-hybridized carbons (Fsp3) is 0.457. The minimum atomic E-state index is -1.05. The highest BCUT2D eigenvalue weighted by Gasteiger charge is 2.37. The first-order valence-corrected chi connectivity index (χ1v) is 15.9. The Morgan fingerprint density at radius 2 is 1.89 bits per heavy atom. The molecule has 1 aliphatic heterocycles. The summed E-state index contributed by atoms with van der Waals surface area (Å²) in [6.45, 7) is 7.79. The molecule has 244 valence electrons.